The van der Waals surface area contributed by atoms with E-state index in [0.29, 0.717) is 6.54 Å². The molecule has 0 radical (unpaired) electrons. The van der Waals surface area contributed by atoms with Gasteiger partial charge in [-0.2, -0.15) is 16.4 Å². The fourth-order valence-corrected chi connectivity index (χ4v) is 2.99. The van der Waals surface area contributed by atoms with Crippen LogP contribution in [0, 0.1) is 0 Å². The number of amides is 2. The Morgan fingerprint density at radius 2 is 2.17 bits per heavy atom. The minimum absolute atomic E-state index is 0.157. The number of hydrogen-bond acceptors (Lipinski definition) is 4. The molecule has 0 bridgehead atoms. The number of aromatic nitrogens is 2. The molecule has 0 aliphatic carbocycles. The molecule has 124 valence electrons. The molecule has 0 aliphatic heterocycles. The number of benzene rings is 1. The lowest BCUT2D eigenvalue weighted by Gasteiger charge is -2.14. The van der Waals surface area contributed by atoms with Gasteiger partial charge < -0.3 is 15.7 Å². The van der Waals surface area contributed by atoms with E-state index in [2.05, 4.69) is 15.7 Å². The maximum atomic E-state index is 12.1. The highest BCUT2D eigenvalue weighted by Crippen LogP contribution is 2.17. The second kappa shape index (κ2) is 7.76. The molecule has 24 heavy (non-hydrogen) atoms. The van der Waals surface area contributed by atoms with Crippen LogP contribution in [-0.4, -0.2) is 27.5 Å². The van der Waals surface area contributed by atoms with Crippen molar-refractivity contribution in [3.8, 4) is 0 Å². The molecular weight excluding hydrogens is 324 g/mol. The van der Waals surface area contributed by atoms with Crippen LogP contribution < -0.4 is 10.6 Å². The molecule has 3 aromatic rings. The fourth-order valence-electron chi connectivity index (χ4n) is 2.29. The summed E-state index contributed by atoms with van der Waals surface area (Å²) in [7, 11) is 0. The van der Waals surface area contributed by atoms with E-state index in [1.54, 1.807) is 10.9 Å². The summed E-state index contributed by atoms with van der Waals surface area (Å²) in [6, 6.07) is 10.9. The van der Waals surface area contributed by atoms with E-state index in [9.17, 15) is 9.90 Å². The summed E-state index contributed by atoms with van der Waals surface area (Å²) >= 11 is 1.51. The third-order valence-corrected chi connectivity index (χ3v) is 4.24. The molecule has 0 aliphatic rings. The molecule has 6 nitrogen and oxygen atoms in total. The first-order chi connectivity index (χ1) is 11.7. The summed E-state index contributed by atoms with van der Waals surface area (Å²) in [5, 5.41) is 23.4. The molecule has 0 spiro atoms. The van der Waals surface area contributed by atoms with Crippen molar-refractivity contribution in [3.05, 3.63) is 70.7 Å². The Bertz CT molecular complexity index is 772. The van der Waals surface area contributed by atoms with Gasteiger partial charge in [-0.3, -0.25) is 4.68 Å². The standard InChI is InChI=1S/C17H18N4O2S/c22-16(14-6-9-24-12-14)10-18-17(23)20-15-5-2-1-4-13(15)11-21-8-3-7-19-21/h1-9,12,16,22H,10-11H2,(H2,18,20,23)/t16-/m0/s1. The predicted octanol–water partition coefficient (Wildman–Crippen LogP) is 2.85. The Kier molecular flexibility index (Phi) is 5.25. The van der Waals surface area contributed by atoms with Gasteiger partial charge in [-0.25, -0.2) is 4.79 Å². The normalized spacial score (nSPS) is 11.9. The highest BCUT2D eigenvalue weighted by atomic mass is 32.1. The zero-order valence-electron chi connectivity index (χ0n) is 12.9. The number of aliphatic hydroxyl groups is 1. The molecule has 0 unspecified atom stereocenters. The van der Waals surface area contributed by atoms with Gasteiger partial charge in [0.1, 0.15) is 0 Å². The summed E-state index contributed by atoms with van der Waals surface area (Å²) in [6.45, 7) is 0.727. The van der Waals surface area contributed by atoms with Crippen LogP contribution in [0.2, 0.25) is 0 Å². The number of rotatable bonds is 6. The molecule has 7 heteroatoms. The van der Waals surface area contributed by atoms with Gasteiger partial charge in [0.05, 0.1) is 12.6 Å². The molecule has 2 heterocycles. The maximum absolute atomic E-state index is 12.1. The van der Waals surface area contributed by atoms with Gasteiger partial charge in [0.25, 0.3) is 0 Å². The average molecular weight is 342 g/mol. The van der Waals surface area contributed by atoms with Crippen LogP contribution in [0.1, 0.15) is 17.2 Å². The highest BCUT2D eigenvalue weighted by molar-refractivity contribution is 7.07. The van der Waals surface area contributed by atoms with Crippen molar-refractivity contribution in [1.29, 1.82) is 0 Å². The van der Waals surface area contributed by atoms with Gasteiger partial charge in [-0.05, 0) is 40.1 Å². The first kappa shape index (κ1) is 16.2. The number of urea groups is 1. The number of nitrogens with zero attached hydrogens (tertiary/aromatic N) is 2. The van der Waals surface area contributed by atoms with Crippen molar-refractivity contribution in [1.82, 2.24) is 15.1 Å². The second-order valence-electron chi connectivity index (χ2n) is 5.27. The SMILES string of the molecule is O=C(NC[C@H](O)c1ccsc1)Nc1ccccc1Cn1cccn1. The molecule has 2 amide bonds. The molecule has 3 rings (SSSR count). The zero-order valence-corrected chi connectivity index (χ0v) is 13.7. The molecule has 0 fully saturated rings. The monoisotopic (exact) mass is 342 g/mol. The van der Waals surface area contributed by atoms with Crippen LogP contribution >= 0.6 is 11.3 Å². The van der Waals surface area contributed by atoms with Crippen molar-refractivity contribution < 1.29 is 9.90 Å². The summed E-state index contributed by atoms with van der Waals surface area (Å²) < 4.78 is 1.79. The molecule has 0 saturated carbocycles. The van der Waals surface area contributed by atoms with Crippen LogP contribution in [0.15, 0.2) is 59.6 Å². The van der Waals surface area contributed by atoms with Crippen molar-refractivity contribution in [2.75, 3.05) is 11.9 Å². The van der Waals surface area contributed by atoms with Crippen LogP contribution in [0.3, 0.4) is 0 Å². The van der Waals surface area contributed by atoms with Gasteiger partial charge in [0.15, 0.2) is 0 Å². The van der Waals surface area contributed by atoms with Gasteiger partial charge in [-0.1, -0.05) is 18.2 Å². The lowest BCUT2D eigenvalue weighted by Crippen LogP contribution is -2.32. The Balaban J connectivity index is 1.58. The van der Waals surface area contributed by atoms with E-state index in [4.69, 9.17) is 0 Å². The Morgan fingerprint density at radius 1 is 1.29 bits per heavy atom. The van der Waals surface area contributed by atoms with Gasteiger partial charge in [0, 0.05) is 24.6 Å². The smallest absolute Gasteiger partial charge is 0.319 e. The van der Waals surface area contributed by atoms with Gasteiger partial charge >= 0.3 is 6.03 Å². The summed E-state index contributed by atoms with van der Waals surface area (Å²) in [6.07, 6.45) is 2.88. The van der Waals surface area contributed by atoms with Crippen molar-refractivity contribution in [2.24, 2.45) is 0 Å². The van der Waals surface area contributed by atoms with Crippen LogP contribution in [0.25, 0.3) is 0 Å². The third kappa shape index (κ3) is 4.21. The lowest BCUT2D eigenvalue weighted by molar-refractivity contribution is 0.175. The van der Waals surface area contributed by atoms with E-state index < -0.39 is 6.10 Å². The number of anilines is 1. The first-order valence-electron chi connectivity index (χ1n) is 7.53. The number of para-hydroxylation sites is 1. The Hall–Kier alpha value is -2.64. The molecule has 1 atom stereocenters. The molecular formula is C17H18N4O2S. The Morgan fingerprint density at radius 3 is 2.92 bits per heavy atom. The van der Waals surface area contributed by atoms with E-state index in [0.717, 1.165) is 16.8 Å². The zero-order chi connectivity index (χ0) is 16.8. The average Bonchev–Trinajstić information content (AvgIpc) is 3.28. The van der Waals surface area contributed by atoms with E-state index >= 15 is 0 Å². The van der Waals surface area contributed by atoms with E-state index in [1.807, 2.05) is 53.4 Å². The number of carbonyl (C=O) groups is 1. The predicted molar refractivity (Wildman–Crippen MR) is 94.1 cm³/mol. The van der Waals surface area contributed by atoms with Crippen LogP contribution in [-0.2, 0) is 6.54 Å². The second-order valence-corrected chi connectivity index (χ2v) is 6.05. The summed E-state index contributed by atoms with van der Waals surface area (Å²) in [5.41, 5.74) is 2.48. The number of thiophene rings is 1. The molecule has 2 aromatic heterocycles. The van der Waals surface area contributed by atoms with Gasteiger partial charge in [0.2, 0.25) is 0 Å². The minimum atomic E-state index is -0.707. The first-order valence-corrected chi connectivity index (χ1v) is 8.47. The van der Waals surface area contributed by atoms with Crippen molar-refractivity contribution in [2.45, 2.75) is 12.6 Å². The number of aliphatic hydroxyl groups excluding tert-OH is 1. The highest BCUT2D eigenvalue weighted by Gasteiger charge is 2.11. The lowest BCUT2D eigenvalue weighted by atomic mass is 10.2. The number of hydrogen-bond donors (Lipinski definition) is 3. The van der Waals surface area contributed by atoms with Crippen LogP contribution in [0.5, 0.6) is 0 Å². The van der Waals surface area contributed by atoms with E-state index in [1.165, 1.54) is 11.3 Å². The van der Waals surface area contributed by atoms with E-state index in [-0.39, 0.29) is 12.6 Å². The van der Waals surface area contributed by atoms with Crippen molar-refractivity contribution >= 4 is 23.1 Å². The summed E-state index contributed by atoms with van der Waals surface area (Å²) in [5.74, 6) is 0. The largest absolute Gasteiger partial charge is 0.387 e. The number of carbonyl (C=O) groups excluding carboxylic acids is 1. The van der Waals surface area contributed by atoms with Crippen molar-refractivity contribution in [3.63, 3.8) is 0 Å². The summed E-state index contributed by atoms with van der Waals surface area (Å²) in [4.78, 5) is 12.1. The van der Waals surface area contributed by atoms with Gasteiger partial charge in [-0.15, -0.1) is 0 Å². The molecule has 3 N–H and O–H groups in total. The maximum Gasteiger partial charge on any atom is 0.319 e. The third-order valence-electron chi connectivity index (χ3n) is 3.54. The quantitative estimate of drug-likeness (QED) is 0.644. The number of nitrogens with one attached hydrogen (secondary N) is 2. The van der Waals surface area contributed by atoms with Crippen LogP contribution in [0.4, 0.5) is 10.5 Å². The topological polar surface area (TPSA) is 79.2 Å². The molecule has 1 aromatic carbocycles. The Labute approximate surface area is 143 Å². The minimum Gasteiger partial charge on any atom is -0.387 e. The fraction of sp³-hybridized carbons (Fsp3) is 0.176. The molecule has 0 saturated heterocycles.